The number of aryl methyl sites for hydroxylation is 1. The van der Waals surface area contributed by atoms with Gasteiger partial charge in [-0.3, -0.25) is 4.79 Å². The minimum absolute atomic E-state index is 0.0915. The minimum atomic E-state index is 0.0915. The summed E-state index contributed by atoms with van der Waals surface area (Å²) in [6.07, 6.45) is 4.94. The van der Waals surface area contributed by atoms with E-state index in [1.54, 1.807) is 0 Å². The zero-order valence-electron chi connectivity index (χ0n) is 14.3. The molecule has 0 unspecified atom stereocenters. The molecule has 3 aromatic rings. The Hall–Kier alpha value is -2.07. The van der Waals surface area contributed by atoms with Crippen molar-refractivity contribution in [3.8, 4) is 0 Å². The van der Waals surface area contributed by atoms with Gasteiger partial charge in [0.25, 0.3) is 0 Å². The van der Waals surface area contributed by atoms with Crippen LogP contribution in [-0.4, -0.2) is 17.0 Å². The number of fused-ring (bicyclic) bond motifs is 1. The molecule has 1 saturated carbocycles. The van der Waals surface area contributed by atoms with E-state index in [4.69, 9.17) is 0 Å². The van der Waals surface area contributed by atoms with E-state index in [-0.39, 0.29) is 11.3 Å². The van der Waals surface area contributed by atoms with Crippen molar-refractivity contribution in [2.24, 2.45) is 7.05 Å². The Morgan fingerprint density at radius 3 is 2.60 bits per heavy atom. The third kappa shape index (κ3) is 3.23. The second-order valence-electron chi connectivity index (χ2n) is 7.03. The van der Waals surface area contributed by atoms with Crippen molar-refractivity contribution in [2.45, 2.75) is 24.7 Å². The van der Waals surface area contributed by atoms with Crippen LogP contribution >= 0.6 is 15.9 Å². The standard InChI is InChI=1S/C21H21BrN2O/c1-24-13-18(17-4-2-3-5-19(17)24)21(10-11-21)14-23-20(25)12-15-6-8-16(22)9-7-15/h2-9,13H,10-12,14H2,1H3,(H,23,25). The molecule has 3 nitrogen and oxygen atoms in total. The number of amides is 1. The quantitative estimate of drug-likeness (QED) is 0.683. The summed E-state index contributed by atoms with van der Waals surface area (Å²) in [5.74, 6) is 0.0915. The van der Waals surface area contributed by atoms with E-state index in [0.717, 1.165) is 29.4 Å². The summed E-state index contributed by atoms with van der Waals surface area (Å²) >= 11 is 3.42. The highest BCUT2D eigenvalue weighted by Crippen LogP contribution is 2.50. The number of hydrogen-bond donors (Lipinski definition) is 1. The van der Waals surface area contributed by atoms with Gasteiger partial charge in [0.1, 0.15) is 0 Å². The van der Waals surface area contributed by atoms with Crippen molar-refractivity contribution in [2.75, 3.05) is 6.54 Å². The van der Waals surface area contributed by atoms with Gasteiger partial charge in [-0.05, 0) is 42.2 Å². The van der Waals surface area contributed by atoms with Gasteiger partial charge in [0.15, 0.2) is 0 Å². The van der Waals surface area contributed by atoms with E-state index in [1.807, 2.05) is 24.3 Å². The van der Waals surface area contributed by atoms with Crippen LogP contribution in [0.5, 0.6) is 0 Å². The molecule has 2 aromatic carbocycles. The van der Waals surface area contributed by atoms with E-state index in [0.29, 0.717) is 6.42 Å². The maximum atomic E-state index is 12.3. The van der Waals surface area contributed by atoms with Crippen LogP contribution < -0.4 is 5.32 Å². The number of rotatable bonds is 5. The van der Waals surface area contributed by atoms with Crippen LogP contribution in [0.25, 0.3) is 10.9 Å². The number of nitrogens with zero attached hydrogens (tertiary/aromatic N) is 1. The molecule has 1 fully saturated rings. The molecular formula is C21H21BrN2O. The lowest BCUT2D eigenvalue weighted by Gasteiger charge is -2.16. The fourth-order valence-corrected chi connectivity index (χ4v) is 3.84. The van der Waals surface area contributed by atoms with E-state index < -0.39 is 0 Å². The van der Waals surface area contributed by atoms with Gasteiger partial charge in [0.2, 0.25) is 5.91 Å². The Balaban J connectivity index is 1.47. The van der Waals surface area contributed by atoms with Crippen LogP contribution in [0.15, 0.2) is 59.2 Å². The molecule has 1 aliphatic rings. The molecule has 0 saturated heterocycles. The third-order valence-electron chi connectivity index (χ3n) is 5.22. The highest BCUT2D eigenvalue weighted by atomic mass is 79.9. The Kier molecular flexibility index (Phi) is 4.16. The molecule has 0 aliphatic heterocycles. The molecule has 1 amide bonds. The maximum Gasteiger partial charge on any atom is 0.224 e. The second-order valence-corrected chi connectivity index (χ2v) is 7.95. The van der Waals surface area contributed by atoms with Gasteiger partial charge in [-0.15, -0.1) is 0 Å². The highest BCUT2D eigenvalue weighted by molar-refractivity contribution is 9.10. The number of halogens is 1. The molecule has 0 atom stereocenters. The zero-order chi connectivity index (χ0) is 17.4. The molecule has 4 rings (SSSR count). The molecule has 0 bridgehead atoms. The first-order chi connectivity index (χ1) is 12.1. The monoisotopic (exact) mass is 396 g/mol. The Bertz CT molecular complexity index is 923. The molecule has 0 radical (unpaired) electrons. The normalized spacial score (nSPS) is 15.3. The SMILES string of the molecule is Cn1cc(C2(CNC(=O)Cc3ccc(Br)cc3)CC2)c2ccccc21. The topological polar surface area (TPSA) is 34.0 Å². The molecule has 1 N–H and O–H groups in total. The zero-order valence-corrected chi connectivity index (χ0v) is 15.8. The summed E-state index contributed by atoms with van der Waals surface area (Å²) in [6.45, 7) is 0.719. The lowest BCUT2D eigenvalue weighted by atomic mass is 9.95. The lowest BCUT2D eigenvalue weighted by Crippen LogP contribution is -2.33. The predicted molar refractivity (Wildman–Crippen MR) is 105 cm³/mol. The first-order valence-corrected chi connectivity index (χ1v) is 9.42. The molecule has 1 aromatic heterocycles. The van der Waals surface area contributed by atoms with Gasteiger partial charge in [0, 0.05) is 40.6 Å². The van der Waals surface area contributed by atoms with Gasteiger partial charge in [-0.1, -0.05) is 46.3 Å². The molecule has 0 spiro atoms. The number of hydrogen-bond acceptors (Lipinski definition) is 1. The smallest absolute Gasteiger partial charge is 0.224 e. The Morgan fingerprint density at radius 2 is 1.88 bits per heavy atom. The first-order valence-electron chi connectivity index (χ1n) is 8.63. The number of aromatic nitrogens is 1. The molecular weight excluding hydrogens is 376 g/mol. The first kappa shape index (κ1) is 16.4. The highest BCUT2D eigenvalue weighted by Gasteiger charge is 2.46. The number of para-hydroxylation sites is 1. The van der Waals surface area contributed by atoms with Crippen LogP contribution in [0.3, 0.4) is 0 Å². The lowest BCUT2D eigenvalue weighted by molar-refractivity contribution is -0.120. The molecule has 128 valence electrons. The van der Waals surface area contributed by atoms with Crippen LogP contribution in [0.4, 0.5) is 0 Å². The van der Waals surface area contributed by atoms with Crippen molar-refractivity contribution >= 4 is 32.7 Å². The van der Waals surface area contributed by atoms with Gasteiger partial charge < -0.3 is 9.88 Å². The van der Waals surface area contributed by atoms with Crippen LogP contribution in [0, 0.1) is 0 Å². The largest absolute Gasteiger partial charge is 0.355 e. The molecule has 25 heavy (non-hydrogen) atoms. The van der Waals surface area contributed by atoms with Crippen molar-refractivity contribution < 1.29 is 4.79 Å². The molecule has 1 heterocycles. The second kappa shape index (κ2) is 6.34. The molecule has 1 aliphatic carbocycles. The summed E-state index contributed by atoms with van der Waals surface area (Å²) in [5.41, 5.74) is 3.77. The summed E-state index contributed by atoms with van der Waals surface area (Å²) in [5, 5.41) is 4.47. The Labute approximate surface area is 156 Å². The number of nitrogens with one attached hydrogen (secondary N) is 1. The molecule has 4 heteroatoms. The fourth-order valence-electron chi connectivity index (χ4n) is 3.57. The van der Waals surface area contributed by atoms with E-state index in [9.17, 15) is 4.79 Å². The number of carbonyl (C=O) groups is 1. The van der Waals surface area contributed by atoms with Crippen molar-refractivity contribution in [3.05, 3.63) is 70.3 Å². The van der Waals surface area contributed by atoms with Crippen molar-refractivity contribution in [1.82, 2.24) is 9.88 Å². The summed E-state index contributed by atoms with van der Waals surface area (Å²) in [7, 11) is 2.09. The van der Waals surface area contributed by atoms with Crippen LogP contribution in [-0.2, 0) is 23.7 Å². The van der Waals surface area contributed by atoms with E-state index in [1.165, 1.54) is 16.5 Å². The average Bonchev–Trinajstić information content (AvgIpc) is 3.33. The number of benzene rings is 2. The van der Waals surface area contributed by atoms with Gasteiger partial charge in [-0.2, -0.15) is 0 Å². The third-order valence-corrected chi connectivity index (χ3v) is 5.75. The van der Waals surface area contributed by atoms with E-state index in [2.05, 4.69) is 63.3 Å². The fraction of sp³-hybridized carbons (Fsp3) is 0.286. The summed E-state index contributed by atoms with van der Waals surface area (Å²) in [4.78, 5) is 12.3. The predicted octanol–water partition coefficient (Wildman–Crippen LogP) is 4.33. The number of carbonyl (C=O) groups excluding carboxylic acids is 1. The van der Waals surface area contributed by atoms with Crippen molar-refractivity contribution in [1.29, 1.82) is 0 Å². The van der Waals surface area contributed by atoms with E-state index >= 15 is 0 Å². The van der Waals surface area contributed by atoms with Crippen molar-refractivity contribution in [3.63, 3.8) is 0 Å². The van der Waals surface area contributed by atoms with Crippen LogP contribution in [0.1, 0.15) is 24.0 Å². The Morgan fingerprint density at radius 1 is 1.16 bits per heavy atom. The maximum absolute atomic E-state index is 12.3. The van der Waals surface area contributed by atoms with Gasteiger partial charge >= 0.3 is 0 Å². The summed E-state index contributed by atoms with van der Waals surface area (Å²) in [6, 6.07) is 16.4. The van der Waals surface area contributed by atoms with Crippen LogP contribution in [0.2, 0.25) is 0 Å². The van der Waals surface area contributed by atoms with Gasteiger partial charge in [0.05, 0.1) is 6.42 Å². The summed E-state index contributed by atoms with van der Waals surface area (Å²) < 4.78 is 3.22. The minimum Gasteiger partial charge on any atom is -0.355 e. The average molecular weight is 397 g/mol. The van der Waals surface area contributed by atoms with Gasteiger partial charge in [-0.25, -0.2) is 0 Å².